The number of amides is 2. The van der Waals surface area contributed by atoms with E-state index in [1.54, 1.807) is 31.2 Å². The van der Waals surface area contributed by atoms with E-state index in [1.165, 1.54) is 36.8 Å². The van der Waals surface area contributed by atoms with Gasteiger partial charge in [-0.05, 0) is 55.5 Å². The first-order valence-corrected chi connectivity index (χ1v) is 12.6. The minimum atomic E-state index is -3.85. The lowest BCUT2D eigenvalue weighted by Gasteiger charge is -2.27. The number of urea groups is 1. The normalized spacial score (nSPS) is 15.6. The lowest BCUT2D eigenvalue weighted by molar-refractivity contribution is -0.139. The monoisotopic (exact) mass is 529 g/mol. The lowest BCUT2D eigenvalue weighted by Crippen LogP contribution is -2.47. The average molecular weight is 530 g/mol. The maximum Gasteiger partial charge on any atom is 0.338 e. The summed E-state index contributed by atoms with van der Waals surface area (Å²) in [5.41, 5.74) is 0.109. The van der Waals surface area contributed by atoms with Gasteiger partial charge < -0.3 is 28.9 Å². The minimum Gasteiger partial charge on any atom is -0.468 e. The fraction of sp³-hybridized carbons (Fsp3) is 0.208. The van der Waals surface area contributed by atoms with Crippen LogP contribution in [-0.2, 0) is 30.8 Å². The third kappa shape index (κ3) is 6.08. The standard InChI is InChI=1S/C24H23N3O9S/c1-2-33-23(29)20-18(26-24(30)27-21(20)19-6-4-12-35-19)14-36-22(28)15-7-9-17(10-8-15)37(31,32)25-13-16-5-3-11-34-16/h3-12,21,25H,2,13-14H2,1H3,(H2,26,27,30)/t21-/m1/s1. The van der Waals surface area contributed by atoms with Crippen molar-refractivity contribution in [3.8, 4) is 0 Å². The van der Waals surface area contributed by atoms with Crippen molar-refractivity contribution >= 4 is 28.0 Å². The van der Waals surface area contributed by atoms with E-state index in [1.807, 2.05) is 0 Å². The SMILES string of the molecule is CCOC(=O)C1=C(COC(=O)c2ccc(S(=O)(=O)NCc3ccco3)cc2)NC(=O)N[C@@H]1c1ccco1. The molecule has 1 atom stereocenters. The fourth-order valence-corrected chi connectivity index (χ4v) is 4.50. The summed E-state index contributed by atoms with van der Waals surface area (Å²) in [5.74, 6) is -0.789. The third-order valence-corrected chi connectivity index (χ3v) is 6.66. The summed E-state index contributed by atoms with van der Waals surface area (Å²) >= 11 is 0. The van der Waals surface area contributed by atoms with E-state index < -0.39 is 40.6 Å². The Morgan fingerprint density at radius 1 is 1.00 bits per heavy atom. The first-order chi connectivity index (χ1) is 17.8. The molecule has 0 fully saturated rings. The van der Waals surface area contributed by atoms with Crippen LogP contribution in [-0.4, -0.2) is 39.6 Å². The van der Waals surface area contributed by atoms with Gasteiger partial charge in [-0.1, -0.05) is 0 Å². The van der Waals surface area contributed by atoms with E-state index in [4.69, 9.17) is 18.3 Å². The highest BCUT2D eigenvalue weighted by Crippen LogP contribution is 2.28. The van der Waals surface area contributed by atoms with Crippen LogP contribution in [0.2, 0.25) is 0 Å². The quantitative estimate of drug-likeness (QED) is 0.334. The minimum absolute atomic E-state index is 0.0215. The topological polar surface area (TPSA) is 166 Å². The Morgan fingerprint density at radius 3 is 2.38 bits per heavy atom. The van der Waals surface area contributed by atoms with E-state index in [2.05, 4.69) is 15.4 Å². The zero-order chi connectivity index (χ0) is 26.4. The van der Waals surface area contributed by atoms with Crippen molar-refractivity contribution in [1.82, 2.24) is 15.4 Å². The first-order valence-electron chi connectivity index (χ1n) is 11.1. The molecule has 12 nitrogen and oxygen atoms in total. The molecule has 1 aliphatic heterocycles. The molecule has 3 heterocycles. The molecule has 4 rings (SSSR count). The van der Waals surface area contributed by atoms with Crippen molar-refractivity contribution in [3.63, 3.8) is 0 Å². The van der Waals surface area contributed by atoms with E-state index in [-0.39, 0.29) is 34.9 Å². The molecule has 0 unspecified atom stereocenters. The van der Waals surface area contributed by atoms with Crippen LogP contribution < -0.4 is 15.4 Å². The molecular formula is C24H23N3O9S. The van der Waals surface area contributed by atoms with Gasteiger partial charge in [0.2, 0.25) is 10.0 Å². The summed E-state index contributed by atoms with van der Waals surface area (Å²) in [7, 11) is -3.85. The van der Waals surface area contributed by atoms with Gasteiger partial charge in [0.05, 0.1) is 47.4 Å². The molecule has 3 N–H and O–H groups in total. The summed E-state index contributed by atoms with van der Waals surface area (Å²) < 4.78 is 48.2. The summed E-state index contributed by atoms with van der Waals surface area (Å²) in [4.78, 5) is 37.5. The highest BCUT2D eigenvalue weighted by atomic mass is 32.2. The van der Waals surface area contributed by atoms with Gasteiger partial charge >= 0.3 is 18.0 Å². The van der Waals surface area contributed by atoms with Gasteiger partial charge in [-0.25, -0.2) is 27.5 Å². The molecule has 0 radical (unpaired) electrons. The number of hydrogen-bond acceptors (Lipinski definition) is 9. The molecule has 0 bridgehead atoms. The third-order valence-electron chi connectivity index (χ3n) is 5.24. The summed E-state index contributed by atoms with van der Waals surface area (Å²) in [6.07, 6.45) is 2.82. The van der Waals surface area contributed by atoms with Gasteiger partial charge in [-0.15, -0.1) is 0 Å². The number of rotatable bonds is 10. The predicted molar refractivity (Wildman–Crippen MR) is 126 cm³/mol. The van der Waals surface area contributed by atoms with E-state index in [0.717, 1.165) is 0 Å². The number of hydrogen-bond donors (Lipinski definition) is 3. The van der Waals surface area contributed by atoms with Crippen molar-refractivity contribution in [1.29, 1.82) is 0 Å². The van der Waals surface area contributed by atoms with E-state index in [0.29, 0.717) is 11.5 Å². The molecule has 2 aromatic heterocycles. The van der Waals surface area contributed by atoms with Crippen molar-refractivity contribution in [2.75, 3.05) is 13.2 Å². The van der Waals surface area contributed by atoms with Gasteiger partial charge in [0.15, 0.2) is 0 Å². The second kappa shape index (κ2) is 11.1. The second-order valence-corrected chi connectivity index (χ2v) is 9.43. The van der Waals surface area contributed by atoms with Crippen LogP contribution in [0, 0.1) is 0 Å². The molecule has 194 valence electrons. The Kier molecular flexibility index (Phi) is 7.74. The van der Waals surface area contributed by atoms with Crippen LogP contribution in [0.1, 0.15) is 34.8 Å². The first kappa shape index (κ1) is 25.7. The molecule has 0 spiro atoms. The predicted octanol–water partition coefficient (Wildman–Crippen LogP) is 2.38. The maximum absolute atomic E-state index is 12.7. The Morgan fingerprint density at radius 2 is 1.73 bits per heavy atom. The van der Waals surface area contributed by atoms with Crippen molar-refractivity contribution in [2.24, 2.45) is 0 Å². The Hall–Kier alpha value is -4.36. The average Bonchev–Trinajstić information content (AvgIpc) is 3.61. The summed E-state index contributed by atoms with van der Waals surface area (Å²) in [6.45, 7) is 1.23. The van der Waals surface area contributed by atoms with Gasteiger partial charge in [0.25, 0.3) is 0 Å². The van der Waals surface area contributed by atoms with Crippen LogP contribution in [0.25, 0.3) is 0 Å². The summed E-state index contributed by atoms with van der Waals surface area (Å²) in [6, 6.07) is 9.96. The zero-order valence-electron chi connectivity index (χ0n) is 19.6. The van der Waals surface area contributed by atoms with Crippen molar-refractivity contribution in [3.05, 3.63) is 89.4 Å². The van der Waals surface area contributed by atoms with E-state index in [9.17, 15) is 22.8 Å². The number of carbonyl (C=O) groups is 3. The summed E-state index contributed by atoms with van der Waals surface area (Å²) in [5, 5.41) is 5.06. The van der Waals surface area contributed by atoms with Crippen LogP contribution in [0.4, 0.5) is 4.79 Å². The Balaban J connectivity index is 1.47. The largest absolute Gasteiger partial charge is 0.468 e. The fourth-order valence-electron chi connectivity index (χ4n) is 3.50. The molecule has 3 aromatic rings. The van der Waals surface area contributed by atoms with Crippen LogP contribution >= 0.6 is 0 Å². The van der Waals surface area contributed by atoms with Gasteiger partial charge in [0.1, 0.15) is 24.2 Å². The number of nitrogens with one attached hydrogen (secondary N) is 3. The molecular weight excluding hydrogens is 506 g/mol. The molecule has 0 saturated heterocycles. The zero-order valence-corrected chi connectivity index (χ0v) is 20.4. The van der Waals surface area contributed by atoms with E-state index >= 15 is 0 Å². The number of benzene rings is 1. The molecule has 1 aliphatic rings. The molecule has 13 heteroatoms. The lowest BCUT2D eigenvalue weighted by atomic mass is 10.0. The molecule has 2 amide bonds. The van der Waals surface area contributed by atoms with Crippen LogP contribution in [0.15, 0.2) is 86.1 Å². The Bertz CT molecular complexity index is 1390. The number of carbonyl (C=O) groups excluding carboxylic acids is 3. The molecule has 0 aliphatic carbocycles. The van der Waals surface area contributed by atoms with Gasteiger partial charge in [-0.3, -0.25) is 0 Å². The van der Waals surface area contributed by atoms with Crippen molar-refractivity contribution < 1.29 is 41.1 Å². The van der Waals surface area contributed by atoms with Gasteiger partial charge in [-0.2, -0.15) is 0 Å². The molecule has 37 heavy (non-hydrogen) atoms. The number of sulfonamides is 1. The van der Waals surface area contributed by atoms with Crippen LogP contribution in [0.3, 0.4) is 0 Å². The van der Waals surface area contributed by atoms with Crippen molar-refractivity contribution in [2.45, 2.75) is 24.4 Å². The maximum atomic E-state index is 12.7. The van der Waals surface area contributed by atoms with Gasteiger partial charge in [0, 0.05) is 0 Å². The molecule has 1 aromatic carbocycles. The van der Waals surface area contributed by atoms with Crippen LogP contribution in [0.5, 0.6) is 0 Å². The molecule has 0 saturated carbocycles. The number of ether oxygens (including phenoxy) is 2. The number of esters is 2. The second-order valence-electron chi connectivity index (χ2n) is 7.66. The Labute approximate surface area is 211 Å². The smallest absolute Gasteiger partial charge is 0.338 e. The number of furan rings is 2. The highest BCUT2D eigenvalue weighted by molar-refractivity contribution is 7.89. The highest BCUT2D eigenvalue weighted by Gasteiger charge is 2.35.